The number of aliphatic hydroxyl groups excluding tert-OH is 2. The van der Waals surface area contributed by atoms with E-state index in [4.69, 9.17) is 4.74 Å². The lowest BCUT2D eigenvalue weighted by Crippen LogP contribution is -2.70. The highest BCUT2D eigenvalue weighted by atomic mass is 16.8. The molecule has 0 bridgehead atoms. The van der Waals surface area contributed by atoms with Crippen molar-refractivity contribution in [3.05, 3.63) is 0 Å². The zero-order valence-corrected chi connectivity index (χ0v) is 7.74. The molecule has 0 aromatic heterocycles. The Morgan fingerprint density at radius 2 is 2.19 bits per heavy atom. The monoisotopic (exact) mass is 234 g/mol. The molecule has 1 spiro atoms. The molecular formula is C7H8NO8-. The Labute approximate surface area is 88.2 Å². The number of nitrogens with one attached hydrogen (secondary N) is 1. The molecule has 2 aliphatic heterocycles. The van der Waals surface area contributed by atoms with Crippen LogP contribution in [0.5, 0.6) is 0 Å². The normalized spacial score (nSPS) is 46.8. The van der Waals surface area contributed by atoms with Gasteiger partial charge in [-0.05, 0) is 0 Å². The Morgan fingerprint density at radius 1 is 1.56 bits per heavy atom. The van der Waals surface area contributed by atoms with Crippen LogP contribution in [0.4, 0.5) is 4.79 Å². The molecule has 0 radical (unpaired) electrons. The van der Waals surface area contributed by atoms with Crippen LogP contribution in [-0.2, 0) is 14.3 Å². The highest BCUT2D eigenvalue weighted by Gasteiger charge is 2.71. The number of ether oxygens (including phenoxy) is 2. The fourth-order valence-corrected chi connectivity index (χ4v) is 1.71. The summed E-state index contributed by atoms with van der Waals surface area (Å²) in [7, 11) is 0. The van der Waals surface area contributed by atoms with E-state index in [0.29, 0.717) is 0 Å². The SMILES string of the molecule is O=C1N[C@@](O)(C(=O)[O-])[C@]2(OC[C@H](O)[C@H]2O)O1. The number of hydrogen-bond acceptors (Lipinski definition) is 8. The molecule has 0 unspecified atom stereocenters. The van der Waals surface area contributed by atoms with Gasteiger partial charge in [0, 0.05) is 0 Å². The highest BCUT2D eigenvalue weighted by molar-refractivity contribution is 5.86. The molecule has 90 valence electrons. The van der Waals surface area contributed by atoms with Crippen LogP contribution < -0.4 is 10.4 Å². The van der Waals surface area contributed by atoms with Crippen molar-refractivity contribution in [2.24, 2.45) is 0 Å². The first-order chi connectivity index (χ1) is 7.33. The van der Waals surface area contributed by atoms with E-state index in [1.165, 1.54) is 0 Å². The van der Waals surface area contributed by atoms with Crippen LogP contribution in [0.1, 0.15) is 0 Å². The van der Waals surface area contributed by atoms with Gasteiger partial charge in [-0.1, -0.05) is 0 Å². The lowest BCUT2D eigenvalue weighted by molar-refractivity contribution is -0.356. The quantitative estimate of drug-likeness (QED) is 0.355. The van der Waals surface area contributed by atoms with E-state index in [9.17, 15) is 30.0 Å². The van der Waals surface area contributed by atoms with E-state index < -0.39 is 42.4 Å². The first-order valence-electron chi connectivity index (χ1n) is 4.28. The molecule has 0 aromatic rings. The number of aliphatic hydroxyl groups is 3. The minimum Gasteiger partial charge on any atom is -0.545 e. The molecule has 0 aliphatic carbocycles. The van der Waals surface area contributed by atoms with E-state index in [1.54, 1.807) is 5.32 Å². The van der Waals surface area contributed by atoms with Gasteiger partial charge in [-0.2, -0.15) is 0 Å². The predicted molar refractivity (Wildman–Crippen MR) is 40.3 cm³/mol. The molecule has 9 nitrogen and oxygen atoms in total. The summed E-state index contributed by atoms with van der Waals surface area (Å²) in [5.41, 5.74) is -3.05. The van der Waals surface area contributed by atoms with Crippen LogP contribution in [0.3, 0.4) is 0 Å². The molecule has 2 heterocycles. The van der Waals surface area contributed by atoms with E-state index in [-0.39, 0.29) is 0 Å². The molecule has 4 atom stereocenters. The molecule has 9 heteroatoms. The Kier molecular flexibility index (Phi) is 2.11. The van der Waals surface area contributed by atoms with Gasteiger partial charge in [-0.15, -0.1) is 0 Å². The molecular weight excluding hydrogens is 226 g/mol. The van der Waals surface area contributed by atoms with Crippen molar-refractivity contribution < 1.29 is 39.5 Å². The van der Waals surface area contributed by atoms with Crippen LogP contribution in [-0.4, -0.2) is 57.7 Å². The van der Waals surface area contributed by atoms with Crippen molar-refractivity contribution in [3.63, 3.8) is 0 Å². The number of alkyl carbamates (subject to hydrolysis) is 1. The van der Waals surface area contributed by atoms with E-state index in [1.807, 2.05) is 0 Å². The average Bonchev–Trinajstić information content (AvgIpc) is 2.61. The Bertz CT molecular complexity index is 358. The first kappa shape index (κ1) is 11.1. The van der Waals surface area contributed by atoms with Gasteiger partial charge in [0.05, 0.1) is 6.61 Å². The molecule has 4 N–H and O–H groups in total. The third-order valence-electron chi connectivity index (χ3n) is 2.55. The van der Waals surface area contributed by atoms with E-state index in [0.717, 1.165) is 0 Å². The van der Waals surface area contributed by atoms with Gasteiger partial charge in [-0.25, -0.2) is 4.79 Å². The molecule has 2 fully saturated rings. The van der Waals surface area contributed by atoms with Gasteiger partial charge in [0.25, 0.3) is 11.5 Å². The maximum Gasteiger partial charge on any atom is 0.412 e. The van der Waals surface area contributed by atoms with Crippen LogP contribution in [0.25, 0.3) is 0 Å². The minimum absolute atomic E-state index is 0.494. The van der Waals surface area contributed by atoms with Gasteiger partial charge in [-0.3, -0.25) is 5.32 Å². The highest BCUT2D eigenvalue weighted by Crippen LogP contribution is 2.40. The maximum absolute atomic E-state index is 10.9. The number of rotatable bonds is 1. The number of carbonyl (C=O) groups excluding carboxylic acids is 2. The Balaban J connectivity index is 2.46. The maximum atomic E-state index is 10.9. The number of hydrogen-bond donors (Lipinski definition) is 4. The van der Waals surface area contributed by atoms with Gasteiger partial charge < -0.3 is 34.7 Å². The van der Waals surface area contributed by atoms with Crippen molar-refractivity contribution in [2.45, 2.75) is 23.7 Å². The van der Waals surface area contributed by atoms with Gasteiger partial charge in [0.1, 0.15) is 12.1 Å². The molecule has 0 aromatic carbocycles. The number of carboxylic acids is 1. The predicted octanol–water partition coefficient (Wildman–Crippen LogP) is -4.39. The van der Waals surface area contributed by atoms with E-state index >= 15 is 0 Å². The van der Waals surface area contributed by atoms with Crippen molar-refractivity contribution in [1.29, 1.82) is 0 Å². The van der Waals surface area contributed by atoms with Crippen LogP contribution in [0, 0.1) is 0 Å². The molecule has 2 aliphatic rings. The molecule has 2 saturated heterocycles. The molecule has 0 saturated carbocycles. The summed E-state index contributed by atoms with van der Waals surface area (Å²) in [6, 6.07) is 0. The minimum atomic E-state index is -3.05. The smallest absolute Gasteiger partial charge is 0.412 e. The van der Waals surface area contributed by atoms with E-state index in [2.05, 4.69) is 4.74 Å². The van der Waals surface area contributed by atoms with Crippen molar-refractivity contribution in [3.8, 4) is 0 Å². The fraction of sp³-hybridized carbons (Fsp3) is 0.714. The van der Waals surface area contributed by atoms with Crippen molar-refractivity contribution in [1.82, 2.24) is 5.32 Å². The Hall–Kier alpha value is -1.42. The first-order valence-corrected chi connectivity index (χ1v) is 4.28. The zero-order valence-electron chi connectivity index (χ0n) is 7.74. The fourth-order valence-electron chi connectivity index (χ4n) is 1.71. The second-order valence-corrected chi connectivity index (χ2v) is 3.50. The van der Waals surface area contributed by atoms with Crippen molar-refractivity contribution >= 4 is 12.1 Å². The lowest BCUT2D eigenvalue weighted by Gasteiger charge is -2.36. The number of carboxylic acid groups (broad SMARTS) is 1. The zero-order chi connectivity index (χ0) is 12.1. The van der Waals surface area contributed by atoms with Gasteiger partial charge in [0.15, 0.2) is 6.10 Å². The largest absolute Gasteiger partial charge is 0.545 e. The Morgan fingerprint density at radius 3 is 2.62 bits per heavy atom. The summed E-state index contributed by atoms with van der Waals surface area (Å²) in [6.07, 6.45) is -4.70. The lowest BCUT2D eigenvalue weighted by atomic mass is 9.96. The summed E-state index contributed by atoms with van der Waals surface area (Å²) >= 11 is 0. The van der Waals surface area contributed by atoms with Crippen LogP contribution in [0.15, 0.2) is 0 Å². The van der Waals surface area contributed by atoms with Gasteiger partial charge in [0.2, 0.25) is 0 Å². The summed E-state index contributed by atoms with van der Waals surface area (Å²) in [4.78, 5) is 21.7. The summed E-state index contributed by atoms with van der Waals surface area (Å²) < 4.78 is 9.11. The number of amides is 1. The average molecular weight is 234 g/mol. The topological polar surface area (TPSA) is 148 Å². The number of carbonyl (C=O) groups is 2. The second-order valence-electron chi connectivity index (χ2n) is 3.50. The summed E-state index contributed by atoms with van der Waals surface area (Å²) in [5.74, 6) is -4.71. The molecule has 2 rings (SSSR count). The number of aliphatic carboxylic acids is 1. The van der Waals surface area contributed by atoms with Crippen LogP contribution in [0.2, 0.25) is 0 Å². The van der Waals surface area contributed by atoms with Gasteiger partial charge >= 0.3 is 6.09 Å². The molecule has 16 heavy (non-hydrogen) atoms. The molecule has 1 amide bonds. The van der Waals surface area contributed by atoms with Crippen molar-refractivity contribution in [2.75, 3.05) is 6.61 Å². The standard InChI is InChI=1S/C7H9NO8/c9-2-1-15-7(3(2)10)6(14,4(11)12)8-5(13)16-7/h2-3,9-10,14H,1H2,(H,8,13)(H,11,12)/p-1/t2-,3+,6+,7+/m0/s1. The van der Waals surface area contributed by atoms with Crippen LogP contribution >= 0.6 is 0 Å². The summed E-state index contributed by atoms with van der Waals surface area (Å²) in [6.45, 7) is -0.494. The third kappa shape index (κ3) is 1.08. The second kappa shape index (κ2) is 3.04. The third-order valence-corrected chi connectivity index (χ3v) is 2.55. The summed E-state index contributed by atoms with van der Waals surface area (Å²) in [5, 5.41) is 40.7.